The van der Waals surface area contributed by atoms with E-state index in [-0.39, 0.29) is 19.2 Å². The van der Waals surface area contributed by atoms with Crippen molar-refractivity contribution in [3.05, 3.63) is 0 Å². The predicted octanol–water partition coefficient (Wildman–Crippen LogP) is 0.217. The van der Waals surface area contributed by atoms with Gasteiger partial charge in [-0.3, -0.25) is 14.8 Å². The molecule has 2 heterocycles. The topological polar surface area (TPSA) is 120 Å². The minimum absolute atomic E-state index is 0.0560. The number of hydrogen-bond acceptors (Lipinski definition) is 6. The number of rotatable bonds is 5. The van der Waals surface area contributed by atoms with Crippen LogP contribution in [0.4, 0.5) is 9.59 Å². The molecule has 2 bridgehead atoms. The molecule has 0 aromatic rings. The fraction of sp³-hybridized carbons (Fsp3) is 0.786. The summed E-state index contributed by atoms with van der Waals surface area (Å²) in [6.07, 6.45) is 0.442. The summed E-state index contributed by atoms with van der Waals surface area (Å²) in [5.41, 5.74) is 1.68. The van der Waals surface area contributed by atoms with Gasteiger partial charge in [-0.15, -0.1) is 0 Å². The van der Waals surface area contributed by atoms with Crippen LogP contribution >= 0.6 is 0 Å². The summed E-state index contributed by atoms with van der Waals surface area (Å²) in [5.74, 6) is -0.450. The van der Waals surface area contributed by atoms with Crippen molar-refractivity contribution < 1.29 is 29.2 Å². The van der Waals surface area contributed by atoms with E-state index in [4.69, 9.17) is 9.57 Å². The number of fused-ring (bicyclic) bond motifs is 2. The Morgan fingerprint density at radius 3 is 2.71 bits per heavy atom. The molecule has 0 spiro atoms. The Labute approximate surface area is 140 Å². The SMILES string of the molecule is CC(C)(C)OC(=O)NCCONC(=O)[C@@H]1CCC2CN1C(=O)N2O. The van der Waals surface area contributed by atoms with Gasteiger partial charge in [0.05, 0.1) is 12.6 Å². The van der Waals surface area contributed by atoms with Gasteiger partial charge in [0, 0.05) is 13.1 Å². The van der Waals surface area contributed by atoms with Gasteiger partial charge in [-0.2, -0.15) is 0 Å². The molecular weight excluding hydrogens is 320 g/mol. The molecule has 0 radical (unpaired) electrons. The molecule has 4 amide bonds. The largest absolute Gasteiger partial charge is 0.444 e. The molecule has 10 nitrogen and oxygen atoms in total. The molecule has 2 aliphatic rings. The Morgan fingerprint density at radius 1 is 1.33 bits per heavy atom. The summed E-state index contributed by atoms with van der Waals surface area (Å²) >= 11 is 0. The third kappa shape index (κ3) is 4.48. The molecule has 0 saturated carbocycles. The summed E-state index contributed by atoms with van der Waals surface area (Å²) in [7, 11) is 0. The zero-order valence-electron chi connectivity index (χ0n) is 14.1. The molecule has 0 aliphatic carbocycles. The quantitative estimate of drug-likeness (QED) is 0.373. The van der Waals surface area contributed by atoms with Gasteiger partial charge in [0.15, 0.2) is 0 Å². The van der Waals surface area contributed by atoms with Gasteiger partial charge in [0.1, 0.15) is 11.6 Å². The fourth-order valence-electron chi connectivity index (χ4n) is 2.63. The minimum Gasteiger partial charge on any atom is -0.444 e. The van der Waals surface area contributed by atoms with E-state index in [1.165, 1.54) is 4.90 Å². The van der Waals surface area contributed by atoms with Crippen LogP contribution < -0.4 is 10.8 Å². The summed E-state index contributed by atoms with van der Waals surface area (Å²) in [4.78, 5) is 41.6. The smallest absolute Gasteiger partial charge is 0.407 e. The summed E-state index contributed by atoms with van der Waals surface area (Å²) in [6, 6.07) is -1.48. The average molecular weight is 344 g/mol. The van der Waals surface area contributed by atoms with Gasteiger partial charge in [-0.25, -0.2) is 20.1 Å². The number of amides is 4. The van der Waals surface area contributed by atoms with E-state index in [0.717, 1.165) is 0 Å². The number of piperidine rings is 1. The van der Waals surface area contributed by atoms with E-state index in [1.807, 2.05) is 0 Å². The monoisotopic (exact) mass is 344 g/mol. The van der Waals surface area contributed by atoms with E-state index in [0.29, 0.717) is 24.4 Å². The third-order valence-corrected chi connectivity index (χ3v) is 3.69. The second-order valence-electron chi connectivity index (χ2n) is 6.77. The molecule has 136 valence electrons. The third-order valence-electron chi connectivity index (χ3n) is 3.69. The molecule has 24 heavy (non-hydrogen) atoms. The number of hydrogen-bond donors (Lipinski definition) is 3. The Hall–Kier alpha value is -2.07. The molecule has 0 aromatic heterocycles. The Morgan fingerprint density at radius 2 is 2.04 bits per heavy atom. The second-order valence-corrected chi connectivity index (χ2v) is 6.77. The molecule has 2 saturated heterocycles. The van der Waals surface area contributed by atoms with E-state index in [1.54, 1.807) is 20.8 Å². The molecule has 2 atom stereocenters. The summed E-state index contributed by atoms with van der Waals surface area (Å²) in [6.45, 7) is 5.81. The lowest BCUT2D eigenvalue weighted by molar-refractivity contribution is -0.138. The van der Waals surface area contributed by atoms with Crippen LogP contribution in [0, 0.1) is 0 Å². The van der Waals surface area contributed by atoms with Crippen LogP contribution in [0.15, 0.2) is 0 Å². The lowest BCUT2D eigenvalue weighted by atomic mass is 10.0. The first-order valence-electron chi connectivity index (χ1n) is 7.86. The molecule has 1 unspecified atom stereocenters. The van der Waals surface area contributed by atoms with Gasteiger partial charge in [-0.1, -0.05) is 0 Å². The molecule has 2 fully saturated rings. The van der Waals surface area contributed by atoms with Crippen LogP contribution in [0.1, 0.15) is 33.6 Å². The highest BCUT2D eigenvalue weighted by molar-refractivity contribution is 5.87. The number of carbonyl (C=O) groups is 3. The van der Waals surface area contributed by atoms with Crippen molar-refractivity contribution in [2.75, 3.05) is 19.7 Å². The predicted molar refractivity (Wildman–Crippen MR) is 80.9 cm³/mol. The van der Waals surface area contributed by atoms with Crippen molar-refractivity contribution in [3.8, 4) is 0 Å². The highest BCUT2D eigenvalue weighted by atomic mass is 16.7. The fourth-order valence-corrected chi connectivity index (χ4v) is 2.63. The van der Waals surface area contributed by atoms with Gasteiger partial charge in [-0.05, 0) is 33.6 Å². The van der Waals surface area contributed by atoms with Crippen LogP contribution in [0.3, 0.4) is 0 Å². The minimum atomic E-state index is -0.662. The zero-order valence-corrected chi connectivity index (χ0v) is 14.1. The molecule has 0 aromatic carbocycles. The number of alkyl carbamates (subject to hydrolysis) is 1. The Kier molecular flexibility index (Phi) is 5.50. The van der Waals surface area contributed by atoms with Crippen LogP contribution in [-0.4, -0.2) is 70.6 Å². The van der Waals surface area contributed by atoms with Crippen molar-refractivity contribution >= 4 is 18.0 Å². The molecular formula is C14H24N4O6. The molecule has 2 aliphatic heterocycles. The molecule has 3 N–H and O–H groups in total. The Balaban J connectivity index is 1.65. The second kappa shape index (κ2) is 7.22. The van der Waals surface area contributed by atoms with E-state index >= 15 is 0 Å². The highest BCUT2D eigenvalue weighted by Gasteiger charge is 2.46. The Bertz CT molecular complexity index is 506. The van der Waals surface area contributed by atoms with Crippen LogP contribution in [0.5, 0.6) is 0 Å². The molecule has 10 heteroatoms. The van der Waals surface area contributed by atoms with Gasteiger partial charge < -0.3 is 15.0 Å². The molecule has 2 rings (SSSR count). The van der Waals surface area contributed by atoms with E-state index in [9.17, 15) is 19.6 Å². The van der Waals surface area contributed by atoms with Gasteiger partial charge in [0.25, 0.3) is 5.91 Å². The van der Waals surface area contributed by atoms with Crippen molar-refractivity contribution in [1.82, 2.24) is 20.8 Å². The first kappa shape index (κ1) is 18.3. The van der Waals surface area contributed by atoms with Crippen molar-refractivity contribution in [2.24, 2.45) is 0 Å². The lowest BCUT2D eigenvalue weighted by Crippen LogP contribution is -2.50. The normalized spacial score (nSPS) is 23.2. The van der Waals surface area contributed by atoms with E-state index < -0.39 is 29.7 Å². The first-order chi connectivity index (χ1) is 11.2. The van der Waals surface area contributed by atoms with E-state index in [2.05, 4.69) is 10.8 Å². The maximum atomic E-state index is 12.1. The maximum absolute atomic E-state index is 12.1. The van der Waals surface area contributed by atoms with Crippen LogP contribution in [-0.2, 0) is 14.4 Å². The number of urea groups is 1. The number of carbonyl (C=O) groups excluding carboxylic acids is 3. The van der Waals surface area contributed by atoms with Gasteiger partial charge in [0.2, 0.25) is 0 Å². The number of nitrogens with one attached hydrogen (secondary N) is 2. The summed E-state index contributed by atoms with van der Waals surface area (Å²) in [5, 5.41) is 12.7. The standard InChI is InChI=1S/C14H24N4O6/c1-14(2,3)24-12(20)15-6-7-23-16-11(19)10-5-4-9-8-17(10)13(21)18(9)22/h9-10,22H,4-8H2,1-3H3,(H,15,20)(H,16,19)/t9?,10-/m0/s1. The van der Waals surface area contributed by atoms with Crippen molar-refractivity contribution in [3.63, 3.8) is 0 Å². The number of ether oxygens (including phenoxy) is 1. The average Bonchev–Trinajstić information content (AvgIpc) is 2.70. The number of nitrogens with zero attached hydrogens (tertiary/aromatic N) is 2. The first-order valence-corrected chi connectivity index (χ1v) is 7.86. The van der Waals surface area contributed by atoms with Gasteiger partial charge >= 0.3 is 12.1 Å². The van der Waals surface area contributed by atoms with Crippen LogP contribution in [0.2, 0.25) is 0 Å². The highest BCUT2D eigenvalue weighted by Crippen LogP contribution is 2.28. The lowest BCUT2D eigenvalue weighted by Gasteiger charge is -2.28. The van der Waals surface area contributed by atoms with Crippen molar-refractivity contribution in [2.45, 2.75) is 51.3 Å². The zero-order chi connectivity index (χ0) is 17.9. The maximum Gasteiger partial charge on any atom is 0.407 e. The van der Waals surface area contributed by atoms with Crippen molar-refractivity contribution in [1.29, 1.82) is 0 Å². The van der Waals surface area contributed by atoms with Crippen LogP contribution in [0.25, 0.3) is 0 Å². The number of hydroxylamine groups is 3. The summed E-state index contributed by atoms with van der Waals surface area (Å²) < 4.78 is 5.05.